The number of aliphatic imine (C=N–C) groups is 1. The summed E-state index contributed by atoms with van der Waals surface area (Å²) >= 11 is 0. The van der Waals surface area contributed by atoms with E-state index in [0.29, 0.717) is 6.17 Å². The van der Waals surface area contributed by atoms with Gasteiger partial charge in [-0.25, -0.2) is 4.90 Å². The minimum Gasteiger partial charge on any atom is -0.369 e. The standard InChI is InChI=1S/C14H24N4O2/c1-2-8-17(7-1)11-10-20-14(13-15-5-6-16-13)18(11)12-4-3-9-19-12/h11-12,14H,1-10H2,(H,15,16). The van der Waals surface area contributed by atoms with Crippen LogP contribution >= 0.6 is 0 Å². The first kappa shape index (κ1) is 13.0. The van der Waals surface area contributed by atoms with Gasteiger partial charge in [-0.2, -0.15) is 0 Å². The molecule has 4 heterocycles. The molecule has 4 aliphatic heterocycles. The molecule has 0 aromatic carbocycles. The second kappa shape index (κ2) is 5.60. The predicted octanol–water partition coefficient (Wildman–Crippen LogP) is 0.205. The van der Waals surface area contributed by atoms with Crippen LogP contribution in [0, 0.1) is 0 Å². The van der Waals surface area contributed by atoms with Gasteiger partial charge < -0.3 is 14.8 Å². The molecule has 3 saturated heterocycles. The summed E-state index contributed by atoms with van der Waals surface area (Å²) in [6.45, 7) is 5.81. The SMILES string of the molecule is C1COC(N2C(C3=NCCN3)OCC2N2CCCC2)C1. The van der Waals surface area contributed by atoms with E-state index in [0.717, 1.165) is 45.0 Å². The Balaban J connectivity index is 1.56. The van der Waals surface area contributed by atoms with Crippen LogP contribution in [0.3, 0.4) is 0 Å². The van der Waals surface area contributed by atoms with Gasteiger partial charge in [-0.05, 0) is 38.8 Å². The minimum atomic E-state index is -0.0359. The Labute approximate surface area is 120 Å². The molecule has 0 amide bonds. The molecule has 0 aromatic rings. The summed E-state index contributed by atoms with van der Waals surface area (Å²) in [5.74, 6) is 1.00. The van der Waals surface area contributed by atoms with Crippen molar-refractivity contribution in [1.29, 1.82) is 0 Å². The molecule has 20 heavy (non-hydrogen) atoms. The third kappa shape index (κ3) is 2.24. The molecule has 0 aliphatic carbocycles. The number of nitrogens with zero attached hydrogens (tertiary/aromatic N) is 3. The number of hydrogen-bond donors (Lipinski definition) is 1. The fourth-order valence-corrected chi connectivity index (χ4v) is 3.78. The molecule has 0 spiro atoms. The first-order valence-corrected chi connectivity index (χ1v) is 7.96. The van der Waals surface area contributed by atoms with Crippen LogP contribution in [-0.2, 0) is 9.47 Å². The maximum atomic E-state index is 6.10. The lowest BCUT2D eigenvalue weighted by molar-refractivity contribution is -0.0835. The molecule has 0 aromatic heterocycles. The maximum absolute atomic E-state index is 6.10. The Morgan fingerprint density at radius 1 is 1.15 bits per heavy atom. The van der Waals surface area contributed by atoms with E-state index in [1.807, 2.05) is 0 Å². The summed E-state index contributed by atoms with van der Waals surface area (Å²) in [5.41, 5.74) is 0. The van der Waals surface area contributed by atoms with E-state index in [1.165, 1.54) is 25.9 Å². The molecule has 0 bridgehead atoms. The summed E-state index contributed by atoms with van der Waals surface area (Å²) in [5, 5.41) is 3.37. The molecule has 0 radical (unpaired) electrons. The highest BCUT2D eigenvalue weighted by Crippen LogP contribution is 2.30. The summed E-state index contributed by atoms with van der Waals surface area (Å²) in [4.78, 5) is 9.54. The topological polar surface area (TPSA) is 49.3 Å². The minimum absolute atomic E-state index is 0.0359. The Hall–Kier alpha value is -0.690. The molecule has 4 aliphatic rings. The van der Waals surface area contributed by atoms with Gasteiger partial charge in [-0.15, -0.1) is 0 Å². The van der Waals surface area contributed by atoms with Gasteiger partial charge in [-0.1, -0.05) is 0 Å². The first-order chi connectivity index (χ1) is 9.93. The molecule has 3 fully saturated rings. The number of ether oxygens (including phenoxy) is 2. The highest BCUT2D eigenvalue weighted by atomic mass is 16.5. The van der Waals surface area contributed by atoms with Crippen molar-refractivity contribution in [2.75, 3.05) is 39.4 Å². The molecular formula is C14H24N4O2. The van der Waals surface area contributed by atoms with Crippen molar-refractivity contribution in [2.45, 2.75) is 44.3 Å². The van der Waals surface area contributed by atoms with Gasteiger partial charge in [0.25, 0.3) is 0 Å². The van der Waals surface area contributed by atoms with E-state index < -0.39 is 0 Å². The zero-order chi connectivity index (χ0) is 13.4. The average Bonchev–Trinajstić information content (AvgIpc) is 3.23. The van der Waals surface area contributed by atoms with Crippen molar-refractivity contribution in [3.8, 4) is 0 Å². The zero-order valence-corrected chi connectivity index (χ0v) is 12.0. The van der Waals surface area contributed by atoms with Crippen LogP contribution in [0.15, 0.2) is 4.99 Å². The highest BCUT2D eigenvalue weighted by Gasteiger charge is 2.46. The summed E-state index contributed by atoms with van der Waals surface area (Å²) < 4.78 is 12.1. The predicted molar refractivity (Wildman–Crippen MR) is 75.5 cm³/mol. The zero-order valence-electron chi connectivity index (χ0n) is 12.0. The van der Waals surface area contributed by atoms with Crippen molar-refractivity contribution < 1.29 is 9.47 Å². The van der Waals surface area contributed by atoms with Crippen LogP contribution < -0.4 is 5.32 Å². The van der Waals surface area contributed by atoms with Gasteiger partial charge in [0.2, 0.25) is 0 Å². The monoisotopic (exact) mass is 280 g/mol. The molecule has 112 valence electrons. The second-order valence-corrected chi connectivity index (χ2v) is 6.02. The first-order valence-electron chi connectivity index (χ1n) is 7.96. The average molecular weight is 280 g/mol. The molecule has 1 N–H and O–H groups in total. The largest absolute Gasteiger partial charge is 0.369 e. The second-order valence-electron chi connectivity index (χ2n) is 6.02. The van der Waals surface area contributed by atoms with E-state index in [-0.39, 0.29) is 12.5 Å². The Morgan fingerprint density at radius 2 is 2.05 bits per heavy atom. The number of amidine groups is 1. The number of hydrogen-bond acceptors (Lipinski definition) is 6. The number of nitrogens with one attached hydrogen (secondary N) is 1. The van der Waals surface area contributed by atoms with Crippen molar-refractivity contribution in [1.82, 2.24) is 15.1 Å². The lowest BCUT2D eigenvalue weighted by atomic mass is 10.2. The van der Waals surface area contributed by atoms with Crippen LogP contribution in [0.2, 0.25) is 0 Å². The van der Waals surface area contributed by atoms with Gasteiger partial charge in [-0.3, -0.25) is 9.89 Å². The van der Waals surface area contributed by atoms with Gasteiger partial charge in [0.1, 0.15) is 12.1 Å². The quantitative estimate of drug-likeness (QED) is 0.800. The molecule has 6 nitrogen and oxygen atoms in total. The lowest BCUT2D eigenvalue weighted by Crippen LogP contribution is -2.55. The number of likely N-dealkylation sites (tertiary alicyclic amines) is 1. The lowest BCUT2D eigenvalue weighted by Gasteiger charge is -2.36. The van der Waals surface area contributed by atoms with Gasteiger partial charge in [0, 0.05) is 13.2 Å². The number of rotatable bonds is 3. The Morgan fingerprint density at radius 3 is 2.75 bits per heavy atom. The highest BCUT2D eigenvalue weighted by molar-refractivity contribution is 5.87. The van der Waals surface area contributed by atoms with Gasteiger partial charge in [0.15, 0.2) is 6.23 Å². The van der Waals surface area contributed by atoms with Crippen molar-refractivity contribution >= 4 is 5.84 Å². The van der Waals surface area contributed by atoms with Crippen molar-refractivity contribution in [2.24, 2.45) is 4.99 Å². The fraction of sp³-hybridized carbons (Fsp3) is 0.929. The third-order valence-electron chi connectivity index (χ3n) is 4.75. The summed E-state index contributed by atoms with van der Waals surface area (Å²) in [7, 11) is 0. The Kier molecular flexibility index (Phi) is 3.64. The van der Waals surface area contributed by atoms with Crippen molar-refractivity contribution in [3.05, 3.63) is 0 Å². The molecular weight excluding hydrogens is 256 g/mol. The molecule has 0 saturated carbocycles. The smallest absolute Gasteiger partial charge is 0.172 e. The van der Waals surface area contributed by atoms with Gasteiger partial charge >= 0.3 is 0 Å². The van der Waals surface area contributed by atoms with E-state index in [1.54, 1.807) is 0 Å². The molecule has 6 heteroatoms. The summed E-state index contributed by atoms with van der Waals surface area (Å²) in [6, 6.07) is 0. The van der Waals surface area contributed by atoms with Crippen LogP contribution in [0.1, 0.15) is 25.7 Å². The van der Waals surface area contributed by atoms with Crippen LogP contribution in [-0.4, -0.2) is 73.6 Å². The molecule has 3 unspecified atom stereocenters. The van der Waals surface area contributed by atoms with E-state index in [2.05, 4.69) is 20.1 Å². The molecule has 3 atom stereocenters. The van der Waals surface area contributed by atoms with Crippen molar-refractivity contribution in [3.63, 3.8) is 0 Å². The maximum Gasteiger partial charge on any atom is 0.172 e. The third-order valence-corrected chi connectivity index (χ3v) is 4.75. The normalized spacial score (nSPS) is 39.4. The summed E-state index contributed by atoms with van der Waals surface area (Å²) in [6.07, 6.45) is 5.39. The van der Waals surface area contributed by atoms with E-state index in [9.17, 15) is 0 Å². The fourth-order valence-electron chi connectivity index (χ4n) is 3.78. The van der Waals surface area contributed by atoms with Crippen LogP contribution in [0.5, 0.6) is 0 Å². The van der Waals surface area contributed by atoms with E-state index >= 15 is 0 Å². The van der Waals surface area contributed by atoms with Crippen LogP contribution in [0.4, 0.5) is 0 Å². The van der Waals surface area contributed by atoms with Crippen LogP contribution in [0.25, 0.3) is 0 Å². The molecule has 4 rings (SSSR count). The van der Waals surface area contributed by atoms with E-state index in [4.69, 9.17) is 9.47 Å². The Bertz CT molecular complexity index is 377. The van der Waals surface area contributed by atoms with Gasteiger partial charge in [0.05, 0.1) is 19.3 Å².